The number of rotatable bonds is 8. The van der Waals surface area contributed by atoms with Gasteiger partial charge in [0.05, 0.1) is 55.2 Å². The maximum Gasteiger partial charge on any atom is 0.410 e. The third-order valence-electron chi connectivity index (χ3n) is 18.7. The number of hydrogen-bond donors (Lipinski definition) is 2. The molecule has 1 unspecified atom stereocenters. The Labute approximate surface area is 469 Å². The van der Waals surface area contributed by atoms with Gasteiger partial charge in [0.1, 0.15) is 17.7 Å². The van der Waals surface area contributed by atoms with Gasteiger partial charge in [-0.3, -0.25) is 39.1 Å². The molecule has 17 nitrogen and oxygen atoms in total. The fourth-order valence-electron chi connectivity index (χ4n) is 14.7. The number of likely N-dealkylation sites (tertiary alicyclic amines) is 2. The second-order valence-electron chi connectivity index (χ2n) is 26.7. The SMILES string of the molecule is CCn1c(-c2cc(N3CCN4CCOC[C@@H]4C3)cnc2C(C)C)c2c3cc(ccc31)C1=CCCN(C1)C[C@H](NC(=O)[C@H](C1CCCC1)N1CC[C@]3(CCN(C(=O)OC(C)(C)C)C3)C1)C(=O)N1CCC[C@H](N1)C(=O)OCC(C)(C)C2. The van der Waals surface area contributed by atoms with Crippen molar-refractivity contribution in [2.75, 3.05) is 103 Å². The Hall–Kier alpha value is -5.07. The molecule has 6 bridgehead atoms. The fraction of sp³-hybridized carbons (Fsp3) is 0.694. The number of carbonyl (C=O) groups is 4. The molecule has 11 rings (SSSR count). The topological polar surface area (TPSA) is 157 Å². The number of piperazine rings is 1. The van der Waals surface area contributed by atoms with E-state index in [1.807, 2.05) is 25.7 Å². The lowest BCUT2D eigenvalue weighted by Crippen LogP contribution is -2.63. The standard InChI is InChI=1S/C62H90N10O7/c1-9-71-52-19-18-43-30-47(52)49(55(71)48-31-45(33-63-53(48)41(2)3)68-27-26-67-28-29-77-37-46(67)35-68)32-61(7,8)40-78-58(75)50-17-13-23-72(65-50)57(74)51(36-66-22-12-16-44(43)34-66)64-56(73)54(42-14-10-11-15-42)69-24-20-62(38-69)21-25-70(39-62)59(76)79-60(4,5)6/h16,18-19,30-31,33,41-42,46,50-51,54,65H,9-15,17,20-29,32,34-40H2,1-8H3,(H,64,73)/t46-,50-,51-,54-,62-/m0/s1. The smallest absolute Gasteiger partial charge is 0.410 e. The van der Waals surface area contributed by atoms with Crippen molar-refractivity contribution < 1.29 is 33.4 Å². The van der Waals surface area contributed by atoms with Crippen LogP contribution in [0.1, 0.15) is 136 Å². The predicted octanol–water partition coefficient (Wildman–Crippen LogP) is 7.45. The first-order valence-electron chi connectivity index (χ1n) is 30.3. The van der Waals surface area contributed by atoms with Gasteiger partial charge in [0.25, 0.3) is 5.91 Å². The van der Waals surface area contributed by atoms with Gasteiger partial charge in [-0.2, -0.15) is 0 Å². The van der Waals surface area contributed by atoms with Gasteiger partial charge >= 0.3 is 12.1 Å². The van der Waals surface area contributed by atoms with Crippen molar-refractivity contribution in [3.8, 4) is 11.3 Å². The Morgan fingerprint density at radius 1 is 0.949 bits per heavy atom. The molecule has 9 heterocycles. The molecular formula is C62H90N10O7. The number of pyridine rings is 1. The van der Waals surface area contributed by atoms with Gasteiger partial charge in [0.2, 0.25) is 5.91 Å². The van der Waals surface area contributed by atoms with Crippen molar-refractivity contribution in [2.24, 2.45) is 16.7 Å². The average molecular weight is 1090 g/mol. The molecule has 8 aliphatic rings. The van der Waals surface area contributed by atoms with Crippen molar-refractivity contribution >= 4 is 46.0 Å². The van der Waals surface area contributed by atoms with Crippen LogP contribution >= 0.6 is 0 Å². The van der Waals surface area contributed by atoms with E-state index in [0.29, 0.717) is 58.0 Å². The van der Waals surface area contributed by atoms with Crippen LogP contribution < -0.4 is 15.6 Å². The normalized spacial score (nSPS) is 28.0. The number of hydrazine groups is 1. The van der Waals surface area contributed by atoms with Gasteiger partial charge in [-0.25, -0.2) is 10.2 Å². The van der Waals surface area contributed by atoms with Gasteiger partial charge in [-0.05, 0) is 132 Å². The molecule has 0 radical (unpaired) electrons. The quantitative estimate of drug-likeness (QED) is 0.215. The van der Waals surface area contributed by atoms with Crippen LogP contribution in [0.15, 0.2) is 36.5 Å². The third kappa shape index (κ3) is 11.9. The number of cyclic esters (lactones) is 1. The minimum absolute atomic E-state index is 0.105. The first kappa shape index (κ1) is 55.8. The van der Waals surface area contributed by atoms with Crippen LogP contribution in [0.2, 0.25) is 0 Å². The monoisotopic (exact) mass is 1090 g/mol. The summed E-state index contributed by atoms with van der Waals surface area (Å²) < 4.78 is 20.6. The third-order valence-corrected chi connectivity index (χ3v) is 18.7. The van der Waals surface area contributed by atoms with Gasteiger partial charge < -0.3 is 33.9 Å². The maximum atomic E-state index is 15.3. The van der Waals surface area contributed by atoms with Gasteiger partial charge in [-0.15, -0.1) is 0 Å². The zero-order chi connectivity index (χ0) is 55.4. The number of ether oxygens (including phenoxy) is 3. The highest BCUT2D eigenvalue weighted by Crippen LogP contribution is 2.45. The highest BCUT2D eigenvalue weighted by atomic mass is 16.6. The van der Waals surface area contributed by atoms with Crippen molar-refractivity contribution in [1.29, 1.82) is 0 Å². The summed E-state index contributed by atoms with van der Waals surface area (Å²) in [5.41, 5.74) is 11.4. The maximum absolute atomic E-state index is 15.3. The summed E-state index contributed by atoms with van der Waals surface area (Å²) in [6, 6.07) is 7.71. The summed E-state index contributed by atoms with van der Waals surface area (Å²) in [4.78, 5) is 74.9. The van der Waals surface area contributed by atoms with Gasteiger partial charge in [0, 0.05) is 106 Å². The van der Waals surface area contributed by atoms with E-state index in [2.05, 4.69) is 106 Å². The lowest BCUT2D eigenvalue weighted by Gasteiger charge is -2.44. The van der Waals surface area contributed by atoms with E-state index in [-0.39, 0.29) is 47.7 Å². The van der Waals surface area contributed by atoms with Crippen LogP contribution in [0.25, 0.3) is 27.7 Å². The molecule has 79 heavy (non-hydrogen) atoms. The number of aryl methyl sites for hydroxylation is 1. The minimum Gasteiger partial charge on any atom is -0.464 e. The molecule has 1 aliphatic carbocycles. The molecule has 6 fully saturated rings. The van der Waals surface area contributed by atoms with Gasteiger partial charge in [0.15, 0.2) is 0 Å². The minimum atomic E-state index is -0.865. The van der Waals surface area contributed by atoms with Gasteiger partial charge in [-0.1, -0.05) is 52.7 Å². The fourth-order valence-corrected chi connectivity index (χ4v) is 14.7. The number of anilines is 1. The Morgan fingerprint density at radius 3 is 2.54 bits per heavy atom. The Kier molecular flexibility index (Phi) is 16.0. The van der Waals surface area contributed by atoms with E-state index >= 15 is 9.59 Å². The summed E-state index contributed by atoms with van der Waals surface area (Å²) in [6.07, 6.45) is 12.6. The molecule has 1 aromatic carbocycles. The Bertz CT molecular complexity index is 2800. The largest absolute Gasteiger partial charge is 0.464 e. The molecule has 7 aliphatic heterocycles. The van der Waals surface area contributed by atoms with Crippen LogP contribution in [-0.2, 0) is 41.6 Å². The zero-order valence-corrected chi connectivity index (χ0v) is 48.7. The lowest BCUT2D eigenvalue weighted by atomic mass is 9.83. The summed E-state index contributed by atoms with van der Waals surface area (Å²) in [6.45, 7) is 27.9. The molecule has 17 heteroatoms. The summed E-state index contributed by atoms with van der Waals surface area (Å²) >= 11 is 0. The van der Waals surface area contributed by atoms with Crippen LogP contribution in [0.3, 0.4) is 0 Å². The first-order chi connectivity index (χ1) is 37.8. The lowest BCUT2D eigenvalue weighted by molar-refractivity contribution is -0.155. The van der Waals surface area contributed by atoms with Crippen LogP contribution in [0.4, 0.5) is 10.5 Å². The highest BCUT2D eigenvalue weighted by Gasteiger charge is 2.50. The number of fused-ring (bicyclic) bond motifs is 7. The Balaban J connectivity index is 0.918. The molecule has 2 aromatic heterocycles. The number of amides is 3. The molecular weight excluding hydrogens is 997 g/mol. The Morgan fingerprint density at radius 2 is 1.76 bits per heavy atom. The van der Waals surface area contributed by atoms with E-state index in [1.165, 1.54) is 22.2 Å². The number of carbonyl (C=O) groups excluding carboxylic acids is 4. The van der Waals surface area contributed by atoms with Crippen molar-refractivity contribution in [3.63, 3.8) is 0 Å². The van der Waals surface area contributed by atoms with Crippen LogP contribution in [0.5, 0.6) is 0 Å². The van der Waals surface area contributed by atoms with Crippen LogP contribution in [-0.4, -0.2) is 186 Å². The van der Waals surface area contributed by atoms with E-state index in [1.54, 1.807) is 5.01 Å². The van der Waals surface area contributed by atoms with Crippen molar-refractivity contribution in [2.45, 2.75) is 162 Å². The highest BCUT2D eigenvalue weighted by molar-refractivity contribution is 5.95. The molecule has 6 atom stereocenters. The van der Waals surface area contributed by atoms with E-state index in [9.17, 15) is 9.59 Å². The molecule has 2 N–H and O–H groups in total. The number of hydrogen-bond acceptors (Lipinski definition) is 13. The summed E-state index contributed by atoms with van der Waals surface area (Å²) in [5.74, 6) is -0.377. The zero-order valence-electron chi connectivity index (χ0n) is 48.7. The van der Waals surface area contributed by atoms with E-state index < -0.39 is 29.1 Å². The number of nitrogens with zero attached hydrogens (tertiary/aromatic N) is 8. The van der Waals surface area contributed by atoms with E-state index in [4.69, 9.17) is 19.2 Å². The van der Waals surface area contributed by atoms with Crippen molar-refractivity contribution in [1.82, 2.24) is 44.9 Å². The summed E-state index contributed by atoms with van der Waals surface area (Å²) in [7, 11) is 0. The molecule has 1 spiro atoms. The molecule has 3 aromatic rings. The first-order valence-corrected chi connectivity index (χ1v) is 30.3. The van der Waals surface area contributed by atoms with Crippen molar-refractivity contribution in [3.05, 3.63) is 53.4 Å². The predicted molar refractivity (Wildman–Crippen MR) is 307 cm³/mol. The number of esters is 1. The molecule has 1 saturated carbocycles. The number of morpholine rings is 1. The number of nitrogens with one attached hydrogen (secondary N) is 2. The molecule has 3 amide bonds. The molecule has 5 saturated heterocycles. The van der Waals surface area contributed by atoms with E-state index in [0.717, 1.165) is 139 Å². The second kappa shape index (κ2) is 22.7. The number of benzene rings is 1. The number of aromatic nitrogens is 2. The average Bonchev–Trinajstić information content (AvgIpc) is 4.45. The summed E-state index contributed by atoms with van der Waals surface area (Å²) in [5, 5.41) is 6.18. The van der Waals surface area contributed by atoms with Crippen LogP contribution in [0, 0.1) is 16.7 Å². The molecule has 430 valence electrons. The second-order valence-corrected chi connectivity index (χ2v) is 26.7.